The largest absolute Gasteiger partial charge is 0.469 e. The molecule has 1 heterocycles. The standard InChI is InChI=1S/C22H22F3N3O3/c1-3-28-19(22(23,24)25)18(13-27-28)20(29)26-12-17(21(30)31-2)11-14-8-9-15-6-4-5-7-16(15)10-14/h4-10,13,17H,3,11-12H2,1-2H3,(H,26,29). The number of halogens is 3. The number of alkyl halides is 3. The molecule has 164 valence electrons. The average molecular weight is 433 g/mol. The number of nitrogens with zero attached hydrogens (tertiary/aromatic N) is 2. The van der Waals surface area contributed by atoms with Gasteiger partial charge in [0, 0.05) is 13.1 Å². The van der Waals surface area contributed by atoms with Gasteiger partial charge in [-0.1, -0.05) is 42.5 Å². The van der Waals surface area contributed by atoms with Crippen molar-refractivity contribution in [2.45, 2.75) is 26.1 Å². The highest BCUT2D eigenvalue weighted by Gasteiger charge is 2.40. The number of ether oxygens (including phenoxy) is 1. The van der Waals surface area contributed by atoms with Gasteiger partial charge in [-0.3, -0.25) is 14.3 Å². The van der Waals surface area contributed by atoms with Crippen molar-refractivity contribution in [2.75, 3.05) is 13.7 Å². The van der Waals surface area contributed by atoms with Crippen LogP contribution in [0.3, 0.4) is 0 Å². The van der Waals surface area contributed by atoms with Crippen molar-refractivity contribution < 1.29 is 27.5 Å². The molecule has 1 N–H and O–H groups in total. The van der Waals surface area contributed by atoms with Gasteiger partial charge in [0.1, 0.15) is 0 Å². The van der Waals surface area contributed by atoms with Crippen LogP contribution < -0.4 is 5.32 Å². The first-order chi connectivity index (χ1) is 14.7. The molecule has 3 aromatic rings. The van der Waals surface area contributed by atoms with Gasteiger partial charge in [0.25, 0.3) is 5.91 Å². The summed E-state index contributed by atoms with van der Waals surface area (Å²) >= 11 is 0. The van der Waals surface area contributed by atoms with E-state index >= 15 is 0 Å². The van der Waals surface area contributed by atoms with E-state index < -0.39 is 35.2 Å². The van der Waals surface area contributed by atoms with E-state index in [-0.39, 0.29) is 19.5 Å². The molecule has 0 radical (unpaired) electrons. The molecule has 1 atom stereocenters. The zero-order valence-corrected chi connectivity index (χ0v) is 17.1. The van der Waals surface area contributed by atoms with Crippen LogP contribution >= 0.6 is 0 Å². The van der Waals surface area contributed by atoms with E-state index in [2.05, 4.69) is 10.4 Å². The number of amides is 1. The molecule has 0 bridgehead atoms. The van der Waals surface area contributed by atoms with Crippen LogP contribution in [0.2, 0.25) is 0 Å². The van der Waals surface area contributed by atoms with E-state index in [4.69, 9.17) is 4.74 Å². The Morgan fingerprint density at radius 2 is 1.87 bits per heavy atom. The highest BCUT2D eigenvalue weighted by Crippen LogP contribution is 2.32. The van der Waals surface area contributed by atoms with E-state index in [9.17, 15) is 22.8 Å². The number of aromatic nitrogens is 2. The minimum absolute atomic E-state index is 0.0329. The fraction of sp³-hybridized carbons (Fsp3) is 0.318. The highest BCUT2D eigenvalue weighted by molar-refractivity contribution is 5.95. The molecule has 0 aliphatic carbocycles. The van der Waals surface area contributed by atoms with E-state index in [1.807, 2.05) is 42.5 Å². The molecule has 0 spiro atoms. The summed E-state index contributed by atoms with van der Waals surface area (Å²) in [7, 11) is 1.23. The molecule has 9 heteroatoms. The first-order valence-electron chi connectivity index (χ1n) is 9.71. The summed E-state index contributed by atoms with van der Waals surface area (Å²) < 4.78 is 45.7. The minimum atomic E-state index is -4.73. The maximum absolute atomic E-state index is 13.4. The lowest BCUT2D eigenvalue weighted by molar-refractivity contribution is -0.146. The second-order valence-corrected chi connectivity index (χ2v) is 7.04. The summed E-state index contributed by atoms with van der Waals surface area (Å²) in [6.45, 7) is 1.29. The topological polar surface area (TPSA) is 73.2 Å². The van der Waals surface area contributed by atoms with Crippen LogP contribution in [0.25, 0.3) is 10.8 Å². The van der Waals surface area contributed by atoms with Crippen LogP contribution in [-0.2, 0) is 28.7 Å². The molecule has 0 saturated carbocycles. The number of hydrogen-bond acceptors (Lipinski definition) is 4. The van der Waals surface area contributed by atoms with Gasteiger partial charge in [-0.25, -0.2) is 0 Å². The Kier molecular flexibility index (Phi) is 6.62. The lowest BCUT2D eigenvalue weighted by Gasteiger charge is -2.16. The number of methoxy groups -OCH3 is 1. The zero-order chi connectivity index (χ0) is 22.6. The lowest BCUT2D eigenvalue weighted by atomic mass is 9.97. The van der Waals surface area contributed by atoms with E-state index in [0.29, 0.717) is 0 Å². The molecule has 6 nitrogen and oxygen atoms in total. The van der Waals surface area contributed by atoms with Crippen LogP contribution in [0.4, 0.5) is 13.2 Å². The van der Waals surface area contributed by atoms with Crippen molar-refractivity contribution in [3.8, 4) is 0 Å². The van der Waals surface area contributed by atoms with E-state index in [1.54, 1.807) is 0 Å². The minimum Gasteiger partial charge on any atom is -0.469 e. The number of carbonyl (C=O) groups excluding carboxylic acids is 2. The molecular formula is C22H22F3N3O3. The van der Waals surface area contributed by atoms with Crippen molar-refractivity contribution in [3.63, 3.8) is 0 Å². The molecule has 0 saturated heterocycles. The molecule has 1 aromatic heterocycles. The summed E-state index contributed by atoms with van der Waals surface area (Å²) in [6, 6.07) is 13.5. The van der Waals surface area contributed by atoms with Gasteiger partial charge in [0.05, 0.1) is 24.8 Å². The lowest BCUT2D eigenvalue weighted by Crippen LogP contribution is -2.35. The predicted molar refractivity (Wildman–Crippen MR) is 108 cm³/mol. The van der Waals surface area contributed by atoms with Crippen molar-refractivity contribution in [1.82, 2.24) is 15.1 Å². The number of aryl methyl sites for hydroxylation is 1. The van der Waals surface area contributed by atoms with E-state index in [0.717, 1.165) is 27.2 Å². The first kappa shape index (κ1) is 22.3. The van der Waals surface area contributed by atoms with Crippen molar-refractivity contribution in [1.29, 1.82) is 0 Å². The Hall–Kier alpha value is -3.36. The fourth-order valence-electron chi connectivity index (χ4n) is 3.46. The van der Waals surface area contributed by atoms with Crippen LogP contribution in [0.15, 0.2) is 48.7 Å². The molecule has 31 heavy (non-hydrogen) atoms. The molecule has 0 aliphatic heterocycles. The smallest absolute Gasteiger partial charge is 0.433 e. The normalized spacial score (nSPS) is 12.5. The number of carbonyl (C=O) groups is 2. The second-order valence-electron chi connectivity index (χ2n) is 7.04. The Morgan fingerprint density at radius 1 is 1.16 bits per heavy atom. The Morgan fingerprint density at radius 3 is 2.52 bits per heavy atom. The molecular weight excluding hydrogens is 411 g/mol. The van der Waals surface area contributed by atoms with Gasteiger partial charge in [0.2, 0.25) is 0 Å². The summed E-state index contributed by atoms with van der Waals surface area (Å²) in [5.41, 5.74) is -0.849. The van der Waals surface area contributed by atoms with Gasteiger partial charge in [-0.15, -0.1) is 0 Å². The van der Waals surface area contributed by atoms with E-state index in [1.165, 1.54) is 14.0 Å². The van der Waals surface area contributed by atoms with Gasteiger partial charge < -0.3 is 10.1 Å². The van der Waals surface area contributed by atoms with Crippen LogP contribution in [0, 0.1) is 5.92 Å². The predicted octanol–water partition coefficient (Wildman–Crippen LogP) is 3.84. The molecule has 0 aliphatic rings. The van der Waals surface area contributed by atoms with Crippen molar-refractivity contribution in [2.24, 2.45) is 5.92 Å². The molecule has 2 aromatic carbocycles. The number of benzene rings is 2. The number of rotatable bonds is 7. The first-order valence-corrected chi connectivity index (χ1v) is 9.71. The molecule has 1 amide bonds. The fourth-order valence-corrected chi connectivity index (χ4v) is 3.46. The van der Waals surface area contributed by atoms with Gasteiger partial charge >= 0.3 is 12.1 Å². The average Bonchev–Trinajstić information content (AvgIpc) is 3.20. The summed E-state index contributed by atoms with van der Waals surface area (Å²) in [5.74, 6) is -2.26. The van der Waals surface area contributed by atoms with Crippen LogP contribution in [0.1, 0.15) is 28.5 Å². The Balaban J connectivity index is 1.77. The maximum atomic E-state index is 13.4. The maximum Gasteiger partial charge on any atom is 0.433 e. The monoisotopic (exact) mass is 433 g/mol. The number of fused-ring (bicyclic) bond motifs is 1. The molecule has 3 rings (SSSR count). The SMILES string of the molecule is CCn1ncc(C(=O)NCC(Cc2ccc3ccccc3c2)C(=O)OC)c1C(F)(F)F. The van der Waals surface area contributed by atoms with Gasteiger partial charge in [0.15, 0.2) is 5.69 Å². The van der Waals surface area contributed by atoms with Gasteiger partial charge in [-0.05, 0) is 29.7 Å². The second kappa shape index (κ2) is 9.20. The quantitative estimate of drug-likeness (QED) is 0.575. The third kappa shape index (κ3) is 5.04. The van der Waals surface area contributed by atoms with Crippen LogP contribution in [0.5, 0.6) is 0 Å². The van der Waals surface area contributed by atoms with Gasteiger partial charge in [-0.2, -0.15) is 18.3 Å². The third-order valence-electron chi connectivity index (χ3n) is 4.99. The zero-order valence-electron chi connectivity index (χ0n) is 17.1. The third-order valence-corrected chi connectivity index (χ3v) is 4.99. The Bertz CT molecular complexity index is 1090. The number of nitrogens with one attached hydrogen (secondary N) is 1. The molecule has 1 unspecified atom stereocenters. The van der Waals surface area contributed by atoms with Crippen molar-refractivity contribution in [3.05, 3.63) is 65.5 Å². The van der Waals surface area contributed by atoms with Crippen LogP contribution in [-0.4, -0.2) is 35.3 Å². The summed E-state index contributed by atoms with van der Waals surface area (Å²) in [4.78, 5) is 24.7. The van der Waals surface area contributed by atoms with Crippen molar-refractivity contribution >= 4 is 22.6 Å². The molecule has 0 fully saturated rings. The number of hydrogen-bond donors (Lipinski definition) is 1. The Labute approximate surface area is 177 Å². The number of esters is 1. The summed E-state index contributed by atoms with van der Waals surface area (Å²) in [6.07, 6.45) is -3.58. The highest BCUT2D eigenvalue weighted by atomic mass is 19.4. The summed E-state index contributed by atoms with van der Waals surface area (Å²) in [5, 5.41) is 8.11.